The molecule has 0 aromatic rings. The van der Waals surface area contributed by atoms with E-state index in [4.69, 9.17) is 10.5 Å². The topological polar surface area (TPSA) is 61.5 Å². The number of hydrogen-bond donors (Lipinski definition) is 1. The van der Waals surface area contributed by atoms with Crippen LogP contribution >= 0.6 is 0 Å². The summed E-state index contributed by atoms with van der Waals surface area (Å²) in [5, 5.41) is 0. The van der Waals surface area contributed by atoms with E-state index in [1.54, 1.807) is 0 Å². The number of methoxy groups -OCH3 is 1. The summed E-state index contributed by atoms with van der Waals surface area (Å²) < 4.78 is 10.4. The third-order valence-corrected chi connectivity index (χ3v) is 3.33. The number of rotatable bonds is 5. The second-order valence-electron chi connectivity index (χ2n) is 4.48. The van der Waals surface area contributed by atoms with Crippen molar-refractivity contribution in [3.05, 3.63) is 0 Å². The number of carbonyl (C=O) groups is 1. The van der Waals surface area contributed by atoms with Gasteiger partial charge in [0.2, 0.25) is 0 Å². The predicted octanol–water partition coefficient (Wildman–Crippen LogP) is 1.62. The Kier molecular flexibility index (Phi) is 5.77. The van der Waals surface area contributed by atoms with Crippen molar-refractivity contribution in [3.8, 4) is 0 Å². The minimum Gasteiger partial charge on any atom is -0.469 e. The maximum absolute atomic E-state index is 11.0. The van der Waals surface area contributed by atoms with Gasteiger partial charge in [0.15, 0.2) is 0 Å². The maximum atomic E-state index is 11.0. The summed E-state index contributed by atoms with van der Waals surface area (Å²) >= 11 is 0. The molecule has 1 fully saturated rings. The molecule has 4 heteroatoms. The first-order chi connectivity index (χ1) is 7.72. The lowest BCUT2D eigenvalue weighted by molar-refractivity contribution is -0.143. The van der Waals surface area contributed by atoms with Gasteiger partial charge in [-0.1, -0.05) is 25.7 Å². The van der Waals surface area contributed by atoms with Crippen molar-refractivity contribution in [1.82, 2.24) is 0 Å². The van der Waals surface area contributed by atoms with Gasteiger partial charge in [0.1, 0.15) is 0 Å². The van der Waals surface area contributed by atoms with Gasteiger partial charge < -0.3 is 15.2 Å². The first kappa shape index (κ1) is 13.5. The van der Waals surface area contributed by atoms with Crippen LogP contribution in [0, 0.1) is 0 Å². The van der Waals surface area contributed by atoms with Gasteiger partial charge in [0.25, 0.3) is 0 Å². The molecule has 16 heavy (non-hydrogen) atoms. The van der Waals surface area contributed by atoms with E-state index in [2.05, 4.69) is 4.74 Å². The zero-order valence-corrected chi connectivity index (χ0v) is 10.2. The van der Waals surface area contributed by atoms with Gasteiger partial charge in [-0.3, -0.25) is 4.79 Å². The number of nitrogens with two attached hydrogens (primary N) is 1. The highest BCUT2D eigenvalue weighted by atomic mass is 16.5. The summed E-state index contributed by atoms with van der Waals surface area (Å²) in [5.41, 5.74) is 5.63. The van der Waals surface area contributed by atoms with Crippen LogP contribution in [0.25, 0.3) is 0 Å². The van der Waals surface area contributed by atoms with Crippen molar-refractivity contribution < 1.29 is 14.3 Å². The van der Waals surface area contributed by atoms with E-state index in [0.717, 1.165) is 12.8 Å². The van der Waals surface area contributed by atoms with Gasteiger partial charge in [-0.2, -0.15) is 0 Å². The SMILES string of the molecule is COC(=O)CCOC1(CN)CCCCCC1. The number of carbonyl (C=O) groups excluding carboxylic acids is 1. The van der Waals surface area contributed by atoms with E-state index in [1.807, 2.05) is 0 Å². The molecule has 0 aromatic heterocycles. The zero-order valence-electron chi connectivity index (χ0n) is 10.2. The molecule has 2 N–H and O–H groups in total. The van der Waals surface area contributed by atoms with Crippen LogP contribution in [-0.4, -0.2) is 31.8 Å². The molecule has 0 amide bonds. The molecule has 0 unspecified atom stereocenters. The van der Waals surface area contributed by atoms with Crippen LogP contribution in [0.5, 0.6) is 0 Å². The highest BCUT2D eigenvalue weighted by molar-refractivity contribution is 5.69. The lowest BCUT2D eigenvalue weighted by atomic mass is 9.94. The Balaban J connectivity index is 2.36. The normalized spacial score (nSPS) is 20.1. The molecule has 0 radical (unpaired) electrons. The van der Waals surface area contributed by atoms with Crippen LogP contribution < -0.4 is 5.73 Å². The minimum atomic E-state index is -0.221. The molecule has 1 saturated carbocycles. The van der Waals surface area contributed by atoms with Crippen LogP contribution in [0.3, 0.4) is 0 Å². The van der Waals surface area contributed by atoms with Crippen molar-refractivity contribution in [1.29, 1.82) is 0 Å². The average molecular weight is 229 g/mol. The zero-order chi connectivity index (χ0) is 11.9. The summed E-state index contributed by atoms with van der Waals surface area (Å²) in [6, 6.07) is 0. The Hall–Kier alpha value is -0.610. The Morgan fingerprint density at radius 1 is 1.25 bits per heavy atom. The molecule has 0 aromatic carbocycles. The van der Waals surface area contributed by atoms with E-state index >= 15 is 0 Å². The molecule has 1 aliphatic rings. The summed E-state index contributed by atoms with van der Waals surface area (Å²) in [5.74, 6) is -0.221. The van der Waals surface area contributed by atoms with Crippen molar-refractivity contribution in [2.24, 2.45) is 5.73 Å². The molecule has 0 bridgehead atoms. The van der Waals surface area contributed by atoms with Crippen LogP contribution in [-0.2, 0) is 14.3 Å². The van der Waals surface area contributed by atoms with E-state index < -0.39 is 0 Å². The van der Waals surface area contributed by atoms with Crippen LogP contribution in [0.4, 0.5) is 0 Å². The molecule has 4 nitrogen and oxygen atoms in total. The predicted molar refractivity (Wildman–Crippen MR) is 62.1 cm³/mol. The van der Waals surface area contributed by atoms with E-state index in [9.17, 15) is 4.79 Å². The summed E-state index contributed by atoms with van der Waals surface area (Å²) in [6.45, 7) is 0.970. The van der Waals surface area contributed by atoms with Crippen molar-refractivity contribution in [2.75, 3.05) is 20.3 Å². The molecule has 0 atom stereocenters. The first-order valence-corrected chi connectivity index (χ1v) is 6.13. The van der Waals surface area contributed by atoms with Gasteiger partial charge >= 0.3 is 5.97 Å². The summed E-state index contributed by atoms with van der Waals surface area (Å²) in [7, 11) is 1.40. The maximum Gasteiger partial charge on any atom is 0.307 e. The molecule has 0 aliphatic heterocycles. The Morgan fingerprint density at radius 2 is 1.88 bits per heavy atom. The van der Waals surface area contributed by atoms with E-state index in [1.165, 1.54) is 32.8 Å². The fourth-order valence-corrected chi connectivity index (χ4v) is 2.23. The third kappa shape index (κ3) is 4.10. The van der Waals surface area contributed by atoms with Gasteiger partial charge in [-0.25, -0.2) is 0 Å². The van der Waals surface area contributed by atoms with E-state index in [0.29, 0.717) is 19.6 Å². The lowest BCUT2D eigenvalue weighted by Crippen LogP contribution is -2.40. The quantitative estimate of drug-likeness (QED) is 0.575. The van der Waals surface area contributed by atoms with Crippen molar-refractivity contribution >= 4 is 5.97 Å². The van der Waals surface area contributed by atoms with Gasteiger partial charge in [-0.05, 0) is 12.8 Å². The molecular weight excluding hydrogens is 206 g/mol. The number of esters is 1. The molecule has 0 heterocycles. The monoisotopic (exact) mass is 229 g/mol. The van der Waals surface area contributed by atoms with Gasteiger partial charge in [0.05, 0.1) is 25.7 Å². The largest absolute Gasteiger partial charge is 0.469 e. The molecule has 0 spiro atoms. The summed E-state index contributed by atoms with van der Waals surface area (Å²) in [6.07, 6.45) is 7.24. The molecule has 0 saturated heterocycles. The minimum absolute atomic E-state index is 0.190. The second-order valence-corrected chi connectivity index (χ2v) is 4.48. The molecule has 1 rings (SSSR count). The smallest absolute Gasteiger partial charge is 0.307 e. The Morgan fingerprint density at radius 3 is 2.38 bits per heavy atom. The Labute approximate surface area is 97.5 Å². The van der Waals surface area contributed by atoms with Crippen LogP contribution in [0.2, 0.25) is 0 Å². The molecule has 94 valence electrons. The summed E-state index contributed by atoms with van der Waals surface area (Å²) in [4.78, 5) is 11.0. The standard InChI is InChI=1S/C12H23NO3/c1-15-11(14)6-9-16-12(10-13)7-4-2-3-5-8-12/h2-10,13H2,1H3. The Bertz CT molecular complexity index is 210. The van der Waals surface area contributed by atoms with Crippen LogP contribution in [0.15, 0.2) is 0 Å². The average Bonchev–Trinajstić information content (AvgIpc) is 2.55. The number of hydrogen-bond acceptors (Lipinski definition) is 4. The van der Waals surface area contributed by atoms with Gasteiger partial charge in [-0.15, -0.1) is 0 Å². The second kappa shape index (κ2) is 6.86. The highest BCUT2D eigenvalue weighted by Crippen LogP contribution is 2.29. The fourth-order valence-electron chi connectivity index (χ4n) is 2.23. The third-order valence-electron chi connectivity index (χ3n) is 3.33. The van der Waals surface area contributed by atoms with E-state index in [-0.39, 0.29) is 11.6 Å². The first-order valence-electron chi connectivity index (χ1n) is 6.13. The fraction of sp³-hybridized carbons (Fsp3) is 0.917. The molecule has 1 aliphatic carbocycles. The highest BCUT2D eigenvalue weighted by Gasteiger charge is 2.30. The number of ether oxygens (including phenoxy) is 2. The van der Waals surface area contributed by atoms with Gasteiger partial charge in [0, 0.05) is 6.54 Å². The van der Waals surface area contributed by atoms with Crippen LogP contribution in [0.1, 0.15) is 44.9 Å². The van der Waals surface area contributed by atoms with Crippen molar-refractivity contribution in [2.45, 2.75) is 50.5 Å². The molecular formula is C12H23NO3. The van der Waals surface area contributed by atoms with Crippen molar-refractivity contribution in [3.63, 3.8) is 0 Å². The lowest BCUT2D eigenvalue weighted by Gasteiger charge is -2.31.